The zero-order chi connectivity index (χ0) is 16.7. The van der Waals surface area contributed by atoms with Crippen molar-refractivity contribution in [2.24, 2.45) is 5.92 Å². The molecule has 5 nitrogen and oxygen atoms in total. The second-order valence-corrected chi connectivity index (χ2v) is 6.16. The number of esters is 1. The number of halogens is 1. The first kappa shape index (κ1) is 17.3. The Morgan fingerprint density at radius 2 is 2.04 bits per heavy atom. The Morgan fingerprint density at radius 3 is 2.74 bits per heavy atom. The van der Waals surface area contributed by atoms with Crippen molar-refractivity contribution in [1.82, 2.24) is 0 Å². The Labute approximate surface area is 140 Å². The van der Waals surface area contributed by atoms with Gasteiger partial charge in [0.1, 0.15) is 6.07 Å². The van der Waals surface area contributed by atoms with Gasteiger partial charge in [-0.05, 0) is 37.0 Å². The normalized spacial score (nSPS) is 14.8. The largest absolute Gasteiger partial charge is 0.456 e. The molecule has 0 bridgehead atoms. The van der Waals surface area contributed by atoms with Crippen molar-refractivity contribution < 1.29 is 14.3 Å². The molecular weight excluding hydrogens is 316 g/mol. The number of nitriles is 1. The van der Waals surface area contributed by atoms with Gasteiger partial charge in [0.05, 0.1) is 11.3 Å². The molecule has 1 saturated carbocycles. The highest BCUT2D eigenvalue weighted by Crippen LogP contribution is 2.26. The van der Waals surface area contributed by atoms with Crippen LogP contribution in [-0.2, 0) is 14.3 Å². The van der Waals surface area contributed by atoms with Crippen LogP contribution in [0.25, 0.3) is 0 Å². The van der Waals surface area contributed by atoms with Gasteiger partial charge in [0, 0.05) is 11.4 Å². The number of amides is 1. The minimum absolute atomic E-state index is 0.302. The Kier molecular flexibility index (Phi) is 6.42. The van der Waals surface area contributed by atoms with Crippen LogP contribution in [0.4, 0.5) is 5.69 Å². The van der Waals surface area contributed by atoms with E-state index in [1.165, 1.54) is 18.6 Å². The van der Waals surface area contributed by atoms with Crippen molar-refractivity contribution >= 4 is 29.2 Å². The number of ether oxygens (including phenoxy) is 1. The Bertz CT molecular complexity index is 619. The quantitative estimate of drug-likeness (QED) is 0.833. The van der Waals surface area contributed by atoms with Crippen LogP contribution in [0.15, 0.2) is 18.2 Å². The molecule has 0 aliphatic heterocycles. The second-order valence-electron chi connectivity index (χ2n) is 5.72. The highest BCUT2D eigenvalue weighted by Gasteiger charge is 2.18. The maximum atomic E-state index is 11.8. The summed E-state index contributed by atoms with van der Waals surface area (Å²) >= 11 is 5.85. The number of hydrogen-bond acceptors (Lipinski definition) is 4. The summed E-state index contributed by atoms with van der Waals surface area (Å²) in [7, 11) is 0. The van der Waals surface area contributed by atoms with E-state index in [1.807, 2.05) is 6.07 Å². The molecule has 0 aromatic heterocycles. The summed E-state index contributed by atoms with van der Waals surface area (Å²) in [5.74, 6) is -0.461. The fraction of sp³-hybridized carbons (Fsp3) is 0.471. The molecule has 23 heavy (non-hydrogen) atoms. The number of nitrogens with zero attached hydrogens (tertiary/aromatic N) is 1. The zero-order valence-corrected chi connectivity index (χ0v) is 13.6. The van der Waals surface area contributed by atoms with Crippen LogP contribution >= 0.6 is 11.6 Å². The van der Waals surface area contributed by atoms with Crippen LogP contribution in [0.1, 0.15) is 44.1 Å². The van der Waals surface area contributed by atoms with Crippen LogP contribution in [0.2, 0.25) is 5.02 Å². The van der Waals surface area contributed by atoms with Crippen LogP contribution in [0.5, 0.6) is 0 Å². The number of nitrogens with one attached hydrogen (secondary N) is 1. The molecule has 1 fully saturated rings. The molecule has 1 aromatic carbocycles. The molecule has 1 aliphatic carbocycles. The fourth-order valence-electron chi connectivity index (χ4n) is 2.74. The van der Waals surface area contributed by atoms with E-state index >= 15 is 0 Å². The van der Waals surface area contributed by atoms with Crippen LogP contribution in [-0.4, -0.2) is 18.5 Å². The predicted octanol–water partition coefficient (Wildman–Crippen LogP) is 3.66. The van der Waals surface area contributed by atoms with Crippen molar-refractivity contribution in [3.8, 4) is 6.07 Å². The maximum Gasteiger partial charge on any atom is 0.306 e. The molecule has 2 rings (SSSR count). The summed E-state index contributed by atoms with van der Waals surface area (Å²) in [4.78, 5) is 23.6. The van der Waals surface area contributed by atoms with E-state index in [9.17, 15) is 9.59 Å². The van der Waals surface area contributed by atoms with E-state index in [0.717, 1.165) is 25.7 Å². The van der Waals surface area contributed by atoms with E-state index in [2.05, 4.69) is 5.32 Å². The molecule has 1 aliphatic rings. The molecule has 0 radical (unpaired) electrons. The van der Waals surface area contributed by atoms with Gasteiger partial charge in [0.25, 0.3) is 5.91 Å². The van der Waals surface area contributed by atoms with Gasteiger partial charge in [-0.2, -0.15) is 5.26 Å². The van der Waals surface area contributed by atoms with E-state index in [1.54, 1.807) is 6.07 Å². The minimum atomic E-state index is -0.485. The lowest BCUT2D eigenvalue weighted by atomic mass is 9.87. The van der Waals surface area contributed by atoms with E-state index in [4.69, 9.17) is 21.6 Å². The number of rotatable bonds is 5. The first-order chi connectivity index (χ1) is 11.1. The average Bonchev–Trinajstić information content (AvgIpc) is 2.54. The highest BCUT2D eigenvalue weighted by molar-refractivity contribution is 6.31. The standard InChI is InChI=1S/C17H19ClN2O3/c18-14-7-6-13(10-19)15(9-14)20-16(21)11-23-17(22)8-12-4-2-1-3-5-12/h6-7,9,12H,1-5,8,11H2,(H,20,21). The SMILES string of the molecule is N#Cc1ccc(Cl)cc1NC(=O)COC(=O)CC1CCCCC1. The smallest absolute Gasteiger partial charge is 0.306 e. The molecule has 0 heterocycles. The van der Waals surface area contributed by atoms with Crippen molar-refractivity contribution in [3.63, 3.8) is 0 Å². The van der Waals surface area contributed by atoms with Gasteiger partial charge in [-0.3, -0.25) is 9.59 Å². The summed E-state index contributed by atoms with van der Waals surface area (Å²) in [6, 6.07) is 6.54. The van der Waals surface area contributed by atoms with Crippen LogP contribution < -0.4 is 5.32 Å². The Morgan fingerprint density at radius 1 is 1.30 bits per heavy atom. The second kappa shape index (κ2) is 8.54. The summed E-state index contributed by atoms with van der Waals surface area (Å²) in [5.41, 5.74) is 0.615. The molecule has 1 aromatic rings. The Hall–Kier alpha value is -2.06. The maximum absolute atomic E-state index is 11.8. The van der Waals surface area contributed by atoms with Crippen molar-refractivity contribution in [1.29, 1.82) is 5.26 Å². The molecule has 122 valence electrons. The number of anilines is 1. The van der Waals surface area contributed by atoms with Crippen molar-refractivity contribution in [3.05, 3.63) is 28.8 Å². The van der Waals surface area contributed by atoms with Crippen molar-refractivity contribution in [2.75, 3.05) is 11.9 Å². The van der Waals surface area contributed by atoms with Gasteiger partial charge < -0.3 is 10.1 Å². The monoisotopic (exact) mass is 334 g/mol. The molecule has 1 amide bonds. The lowest BCUT2D eigenvalue weighted by molar-refractivity contribution is -0.148. The lowest BCUT2D eigenvalue weighted by Crippen LogP contribution is -2.22. The summed E-state index contributed by atoms with van der Waals surface area (Å²) in [5, 5.41) is 11.9. The third-order valence-electron chi connectivity index (χ3n) is 3.92. The molecule has 1 N–H and O–H groups in total. The van der Waals surface area contributed by atoms with Gasteiger partial charge in [0.15, 0.2) is 6.61 Å². The fourth-order valence-corrected chi connectivity index (χ4v) is 2.91. The topological polar surface area (TPSA) is 79.2 Å². The number of hydrogen-bond donors (Lipinski definition) is 1. The molecule has 6 heteroatoms. The van der Waals surface area contributed by atoms with Gasteiger partial charge in [-0.1, -0.05) is 30.9 Å². The van der Waals surface area contributed by atoms with E-state index in [0.29, 0.717) is 28.6 Å². The summed E-state index contributed by atoms with van der Waals surface area (Å²) < 4.78 is 5.02. The van der Waals surface area contributed by atoms with Gasteiger partial charge in [0.2, 0.25) is 0 Å². The number of benzene rings is 1. The first-order valence-corrected chi connectivity index (χ1v) is 8.11. The summed E-state index contributed by atoms with van der Waals surface area (Å²) in [6.07, 6.45) is 6.02. The zero-order valence-electron chi connectivity index (χ0n) is 12.8. The summed E-state index contributed by atoms with van der Waals surface area (Å²) in [6.45, 7) is -0.358. The highest BCUT2D eigenvalue weighted by atomic mass is 35.5. The molecule has 0 atom stereocenters. The van der Waals surface area contributed by atoms with E-state index in [-0.39, 0.29) is 12.6 Å². The van der Waals surface area contributed by atoms with E-state index < -0.39 is 5.91 Å². The third kappa shape index (κ3) is 5.57. The molecular formula is C17H19ClN2O3. The average molecular weight is 335 g/mol. The predicted molar refractivity (Wildman–Crippen MR) is 86.9 cm³/mol. The van der Waals surface area contributed by atoms with Crippen LogP contribution in [0, 0.1) is 17.2 Å². The number of carbonyl (C=O) groups is 2. The Balaban J connectivity index is 1.80. The van der Waals surface area contributed by atoms with Crippen LogP contribution in [0.3, 0.4) is 0 Å². The minimum Gasteiger partial charge on any atom is -0.456 e. The van der Waals surface area contributed by atoms with Gasteiger partial charge in [-0.15, -0.1) is 0 Å². The van der Waals surface area contributed by atoms with Gasteiger partial charge in [-0.25, -0.2) is 0 Å². The molecule has 0 saturated heterocycles. The first-order valence-electron chi connectivity index (χ1n) is 7.73. The lowest BCUT2D eigenvalue weighted by Gasteiger charge is -2.20. The molecule has 0 unspecified atom stereocenters. The van der Waals surface area contributed by atoms with Gasteiger partial charge >= 0.3 is 5.97 Å². The van der Waals surface area contributed by atoms with Crippen molar-refractivity contribution in [2.45, 2.75) is 38.5 Å². The molecule has 0 spiro atoms. The third-order valence-corrected chi connectivity index (χ3v) is 4.16. The number of carbonyl (C=O) groups excluding carboxylic acids is 2.